The number of aryl methyl sites for hydroxylation is 2. The van der Waals surface area contributed by atoms with Gasteiger partial charge < -0.3 is 5.11 Å². The normalized spacial score (nSPS) is 13.5. The summed E-state index contributed by atoms with van der Waals surface area (Å²) >= 11 is 3.55. The molecular formula is C11H19BrN2O. The van der Waals surface area contributed by atoms with Crippen molar-refractivity contribution in [3.05, 3.63) is 15.9 Å². The van der Waals surface area contributed by atoms with Gasteiger partial charge in [0.15, 0.2) is 0 Å². The van der Waals surface area contributed by atoms with E-state index in [1.165, 1.54) is 0 Å². The van der Waals surface area contributed by atoms with Gasteiger partial charge in [0.2, 0.25) is 0 Å². The van der Waals surface area contributed by atoms with Crippen LogP contribution in [0.3, 0.4) is 0 Å². The summed E-state index contributed by atoms with van der Waals surface area (Å²) in [6.45, 7) is 6.13. The molecule has 4 heteroatoms. The summed E-state index contributed by atoms with van der Waals surface area (Å²) in [5.41, 5.74) is 2.14. The molecular weight excluding hydrogens is 256 g/mol. The Labute approximate surface area is 99.6 Å². The van der Waals surface area contributed by atoms with E-state index in [4.69, 9.17) is 0 Å². The van der Waals surface area contributed by atoms with Crippen molar-refractivity contribution in [2.75, 3.05) is 0 Å². The Bertz CT molecular complexity index is 334. The second kappa shape index (κ2) is 5.12. The molecule has 1 aromatic heterocycles. The number of nitrogens with zero attached hydrogens (tertiary/aromatic N) is 2. The summed E-state index contributed by atoms with van der Waals surface area (Å²) in [6.07, 6.45) is 1.26. The quantitative estimate of drug-likeness (QED) is 0.915. The minimum Gasteiger partial charge on any atom is -0.392 e. The Kier molecular flexibility index (Phi) is 4.34. The van der Waals surface area contributed by atoms with E-state index in [1.807, 2.05) is 25.6 Å². The van der Waals surface area contributed by atoms with Crippen LogP contribution in [0.15, 0.2) is 4.47 Å². The molecule has 0 amide bonds. The molecule has 86 valence electrons. The average molecular weight is 275 g/mol. The zero-order chi connectivity index (χ0) is 11.6. The molecule has 0 saturated heterocycles. The molecule has 1 rings (SSSR count). The molecule has 0 aliphatic heterocycles. The first-order valence-corrected chi connectivity index (χ1v) is 6.15. The summed E-state index contributed by atoms with van der Waals surface area (Å²) in [5, 5.41) is 14.2. The monoisotopic (exact) mass is 274 g/mol. The predicted molar refractivity (Wildman–Crippen MR) is 64.8 cm³/mol. The zero-order valence-corrected chi connectivity index (χ0v) is 11.4. The van der Waals surface area contributed by atoms with Crippen LogP contribution in [0.1, 0.15) is 32.2 Å². The highest BCUT2D eigenvalue weighted by Crippen LogP contribution is 2.23. The standard InChI is InChI=1S/C11H19BrN2O/c1-5-8-11(12)9(14(4)13-8)6-10(15)7(2)3/h7,10,15H,5-6H2,1-4H3. The summed E-state index contributed by atoms with van der Waals surface area (Å²) in [5.74, 6) is 0.275. The molecule has 1 unspecified atom stereocenters. The fraction of sp³-hybridized carbons (Fsp3) is 0.727. The number of hydrogen-bond donors (Lipinski definition) is 1. The highest BCUT2D eigenvalue weighted by Gasteiger charge is 2.17. The van der Waals surface area contributed by atoms with Gasteiger partial charge in [-0.15, -0.1) is 0 Å². The number of aliphatic hydroxyl groups excluding tert-OH is 1. The summed E-state index contributed by atoms with van der Waals surface area (Å²) in [4.78, 5) is 0. The fourth-order valence-electron chi connectivity index (χ4n) is 1.48. The van der Waals surface area contributed by atoms with Crippen molar-refractivity contribution in [2.45, 2.75) is 39.7 Å². The Morgan fingerprint density at radius 3 is 2.47 bits per heavy atom. The zero-order valence-electron chi connectivity index (χ0n) is 9.79. The molecule has 3 nitrogen and oxygen atoms in total. The lowest BCUT2D eigenvalue weighted by Crippen LogP contribution is -2.19. The average Bonchev–Trinajstić information content (AvgIpc) is 2.44. The van der Waals surface area contributed by atoms with E-state index in [-0.39, 0.29) is 12.0 Å². The third-order valence-electron chi connectivity index (χ3n) is 2.67. The van der Waals surface area contributed by atoms with Gasteiger partial charge in [0.05, 0.1) is 22.0 Å². The minimum atomic E-state index is -0.304. The maximum absolute atomic E-state index is 9.85. The van der Waals surface area contributed by atoms with Gasteiger partial charge in [-0.3, -0.25) is 4.68 Å². The molecule has 1 atom stereocenters. The second-order valence-electron chi connectivity index (χ2n) is 4.20. The van der Waals surface area contributed by atoms with Crippen LogP contribution < -0.4 is 0 Å². The van der Waals surface area contributed by atoms with Crippen LogP contribution in [0.2, 0.25) is 0 Å². The van der Waals surface area contributed by atoms with Gasteiger partial charge >= 0.3 is 0 Å². The predicted octanol–water partition coefficient (Wildman–Crippen LogP) is 2.30. The molecule has 0 aliphatic carbocycles. The van der Waals surface area contributed by atoms with E-state index in [0.717, 1.165) is 22.3 Å². The van der Waals surface area contributed by atoms with Gasteiger partial charge in [-0.2, -0.15) is 5.10 Å². The van der Waals surface area contributed by atoms with Crippen LogP contribution in [0, 0.1) is 5.92 Å². The molecule has 0 bridgehead atoms. The lowest BCUT2D eigenvalue weighted by molar-refractivity contribution is 0.123. The summed E-state index contributed by atoms with van der Waals surface area (Å²) in [6, 6.07) is 0. The number of aromatic nitrogens is 2. The first kappa shape index (κ1) is 12.7. The van der Waals surface area contributed by atoms with Crippen LogP contribution in [-0.2, 0) is 19.9 Å². The summed E-state index contributed by atoms with van der Waals surface area (Å²) < 4.78 is 2.90. The van der Waals surface area contributed by atoms with Crippen molar-refractivity contribution in [2.24, 2.45) is 13.0 Å². The van der Waals surface area contributed by atoms with Crippen LogP contribution in [0.25, 0.3) is 0 Å². The number of hydrogen-bond acceptors (Lipinski definition) is 2. The van der Waals surface area contributed by atoms with Crippen LogP contribution in [-0.4, -0.2) is 21.0 Å². The van der Waals surface area contributed by atoms with Gasteiger partial charge in [-0.05, 0) is 28.3 Å². The molecule has 1 heterocycles. The molecule has 15 heavy (non-hydrogen) atoms. The number of rotatable bonds is 4. The third kappa shape index (κ3) is 2.82. The Hall–Kier alpha value is -0.350. The first-order valence-electron chi connectivity index (χ1n) is 5.35. The SMILES string of the molecule is CCc1nn(C)c(CC(O)C(C)C)c1Br. The maximum Gasteiger partial charge on any atom is 0.0766 e. The Morgan fingerprint density at radius 1 is 1.47 bits per heavy atom. The van der Waals surface area contributed by atoms with Crippen molar-refractivity contribution in [1.82, 2.24) is 9.78 Å². The van der Waals surface area contributed by atoms with Crippen LogP contribution in [0.4, 0.5) is 0 Å². The Morgan fingerprint density at radius 2 is 2.07 bits per heavy atom. The van der Waals surface area contributed by atoms with Crippen molar-refractivity contribution in [3.8, 4) is 0 Å². The molecule has 1 N–H and O–H groups in total. The fourth-order valence-corrected chi connectivity index (χ4v) is 2.25. The molecule has 0 radical (unpaired) electrons. The van der Waals surface area contributed by atoms with Crippen LogP contribution in [0.5, 0.6) is 0 Å². The van der Waals surface area contributed by atoms with E-state index >= 15 is 0 Å². The largest absolute Gasteiger partial charge is 0.392 e. The van der Waals surface area contributed by atoms with E-state index in [1.54, 1.807) is 0 Å². The second-order valence-corrected chi connectivity index (χ2v) is 4.99. The number of halogens is 1. The van der Waals surface area contributed by atoms with Gasteiger partial charge in [0.25, 0.3) is 0 Å². The van der Waals surface area contributed by atoms with Crippen LogP contribution >= 0.6 is 15.9 Å². The smallest absolute Gasteiger partial charge is 0.0766 e. The molecule has 0 saturated carbocycles. The maximum atomic E-state index is 9.85. The van der Waals surface area contributed by atoms with Crippen molar-refractivity contribution in [3.63, 3.8) is 0 Å². The third-order valence-corrected chi connectivity index (χ3v) is 3.59. The van der Waals surface area contributed by atoms with E-state index < -0.39 is 0 Å². The highest BCUT2D eigenvalue weighted by molar-refractivity contribution is 9.10. The molecule has 0 fully saturated rings. The summed E-state index contributed by atoms with van der Waals surface area (Å²) in [7, 11) is 1.92. The molecule has 0 aromatic carbocycles. The molecule has 0 spiro atoms. The number of aliphatic hydroxyl groups is 1. The molecule has 0 aliphatic rings. The van der Waals surface area contributed by atoms with Gasteiger partial charge in [0.1, 0.15) is 0 Å². The minimum absolute atomic E-state index is 0.275. The van der Waals surface area contributed by atoms with E-state index in [9.17, 15) is 5.11 Å². The highest BCUT2D eigenvalue weighted by atomic mass is 79.9. The molecule has 1 aromatic rings. The van der Waals surface area contributed by atoms with E-state index in [2.05, 4.69) is 28.0 Å². The van der Waals surface area contributed by atoms with Gasteiger partial charge in [-0.25, -0.2) is 0 Å². The lowest BCUT2D eigenvalue weighted by atomic mass is 10.0. The van der Waals surface area contributed by atoms with Crippen molar-refractivity contribution >= 4 is 15.9 Å². The van der Waals surface area contributed by atoms with Crippen molar-refractivity contribution in [1.29, 1.82) is 0 Å². The van der Waals surface area contributed by atoms with Gasteiger partial charge in [0, 0.05) is 13.5 Å². The van der Waals surface area contributed by atoms with Gasteiger partial charge in [-0.1, -0.05) is 20.8 Å². The first-order chi connectivity index (χ1) is 6.97. The topological polar surface area (TPSA) is 38.0 Å². The lowest BCUT2D eigenvalue weighted by Gasteiger charge is -2.14. The Balaban J connectivity index is 2.89. The van der Waals surface area contributed by atoms with Crippen molar-refractivity contribution < 1.29 is 5.11 Å². The van der Waals surface area contributed by atoms with E-state index in [0.29, 0.717) is 6.42 Å².